The summed E-state index contributed by atoms with van der Waals surface area (Å²) in [7, 11) is 5.51. The third kappa shape index (κ3) is 7.15. The van der Waals surface area contributed by atoms with Gasteiger partial charge in [-0.3, -0.25) is 4.79 Å². The Labute approximate surface area is 230 Å². The average molecular weight is 535 g/mol. The largest absolute Gasteiger partial charge is 0.485 e. The molecule has 2 aliphatic rings. The van der Waals surface area contributed by atoms with Gasteiger partial charge in [0.25, 0.3) is 0 Å². The first-order valence-corrected chi connectivity index (χ1v) is 13.7. The SMILES string of the molecule is C1CC1.COc1cc(-c2ccc(C3CCc4ccc(CC(C)C(=O)O)cc4O3)cc2[C@@H](C)N(C)C)c(F)cn1. The number of hydrogen-bond donors (Lipinski definition) is 1. The molecule has 3 aromatic rings. The Hall–Kier alpha value is -3.45. The number of hydrogen-bond acceptors (Lipinski definition) is 5. The Morgan fingerprint density at radius 1 is 1.13 bits per heavy atom. The first-order valence-electron chi connectivity index (χ1n) is 13.7. The summed E-state index contributed by atoms with van der Waals surface area (Å²) < 4.78 is 26.5. The molecule has 1 N–H and O–H groups in total. The predicted octanol–water partition coefficient (Wildman–Crippen LogP) is 7.02. The summed E-state index contributed by atoms with van der Waals surface area (Å²) >= 11 is 0. The molecule has 6 nitrogen and oxygen atoms in total. The second kappa shape index (κ2) is 12.6. The standard InChI is InChI=1S/C29H33FN2O4.C3H6/c1-17(29(33)34)12-19-6-7-20-9-11-26(36-27(20)13-19)21-8-10-22(23(14-21)18(2)32(3)4)24-15-28(35-5)31-16-25(24)30;1-2-3-1/h6-8,10,13-18,26H,9,11-12H2,1-5H3,(H,33,34);1-3H2/t17?,18-,26?;/m1./s1. The van der Waals surface area contributed by atoms with Crippen molar-refractivity contribution in [3.63, 3.8) is 0 Å². The van der Waals surface area contributed by atoms with Gasteiger partial charge in [-0.25, -0.2) is 9.37 Å². The third-order valence-electron chi connectivity index (χ3n) is 7.40. The summed E-state index contributed by atoms with van der Waals surface area (Å²) in [5, 5.41) is 9.26. The average Bonchev–Trinajstić information content (AvgIpc) is 3.82. The minimum absolute atomic E-state index is 0.0264. The van der Waals surface area contributed by atoms with E-state index < -0.39 is 17.7 Å². The van der Waals surface area contributed by atoms with Crippen LogP contribution in [0, 0.1) is 11.7 Å². The van der Waals surface area contributed by atoms with Crippen molar-refractivity contribution in [1.29, 1.82) is 0 Å². The van der Waals surface area contributed by atoms with Crippen LogP contribution in [0.2, 0.25) is 0 Å². The van der Waals surface area contributed by atoms with E-state index in [0.29, 0.717) is 17.9 Å². The van der Waals surface area contributed by atoms with Crippen LogP contribution < -0.4 is 9.47 Å². The first kappa shape index (κ1) is 28.6. The lowest BCUT2D eigenvalue weighted by Gasteiger charge is -2.29. The topological polar surface area (TPSA) is 71.9 Å². The minimum Gasteiger partial charge on any atom is -0.485 e. The van der Waals surface area contributed by atoms with Gasteiger partial charge in [0.1, 0.15) is 17.7 Å². The van der Waals surface area contributed by atoms with Crippen LogP contribution in [0.5, 0.6) is 11.6 Å². The molecule has 0 saturated heterocycles. The van der Waals surface area contributed by atoms with Gasteiger partial charge in [-0.1, -0.05) is 50.5 Å². The molecule has 1 saturated carbocycles. The molecule has 0 radical (unpaired) electrons. The Morgan fingerprint density at radius 3 is 2.51 bits per heavy atom. The van der Waals surface area contributed by atoms with E-state index in [1.807, 2.05) is 44.4 Å². The van der Waals surface area contributed by atoms with Crippen molar-refractivity contribution in [2.45, 2.75) is 64.5 Å². The summed E-state index contributed by atoms with van der Waals surface area (Å²) in [6.07, 6.45) is 7.69. The molecule has 2 aromatic carbocycles. The molecule has 208 valence electrons. The molecule has 39 heavy (non-hydrogen) atoms. The van der Waals surface area contributed by atoms with E-state index in [-0.39, 0.29) is 12.1 Å². The fourth-order valence-corrected chi connectivity index (χ4v) is 4.60. The number of carbonyl (C=O) groups is 1. The van der Waals surface area contributed by atoms with Crippen LogP contribution in [0.25, 0.3) is 11.1 Å². The van der Waals surface area contributed by atoms with Crippen LogP contribution in [0.1, 0.15) is 73.9 Å². The van der Waals surface area contributed by atoms with Gasteiger partial charge >= 0.3 is 5.97 Å². The highest BCUT2D eigenvalue weighted by atomic mass is 19.1. The van der Waals surface area contributed by atoms with Crippen molar-refractivity contribution in [2.24, 2.45) is 5.92 Å². The number of ether oxygens (including phenoxy) is 2. The van der Waals surface area contributed by atoms with Crippen LogP contribution in [-0.4, -0.2) is 42.2 Å². The van der Waals surface area contributed by atoms with Crippen LogP contribution in [0.3, 0.4) is 0 Å². The zero-order valence-corrected chi connectivity index (χ0v) is 23.5. The van der Waals surface area contributed by atoms with Crippen molar-refractivity contribution in [3.8, 4) is 22.8 Å². The Morgan fingerprint density at radius 2 is 1.87 bits per heavy atom. The summed E-state index contributed by atoms with van der Waals surface area (Å²) in [6, 6.07) is 13.7. The Balaban J connectivity index is 0.00000110. The number of aryl methyl sites for hydroxylation is 1. The van der Waals surface area contributed by atoms with E-state index in [2.05, 4.69) is 22.9 Å². The van der Waals surface area contributed by atoms with Gasteiger partial charge in [0.05, 0.1) is 19.2 Å². The molecular formula is C32H39FN2O4. The Bertz CT molecular complexity index is 1300. The highest BCUT2D eigenvalue weighted by molar-refractivity contribution is 5.70. The van der Waals surface area contributed by atoms with Gasteiger partial charge in [0.15, 0.2) is 0 Å². The van der Waals surface area contributed by atoms with E-state index in [1.54, 1.807) is 13.0 Å². The maximum Gasteiger partial charge on any atom is 0.306 e. The van der Waals surface area contributed by atoms with Crippen LogP contribution in [0.15, 0.2) is 48.7 Å². The van der Waals surface area contributed by atoms with Gasteiger partial charge < -0.3 is 19.5 Å². The normalized spacial score (nSPS) is 17.3. The summed E-state index contributed by atoms with van der Waals surface area (Å²) in [5.74, 6) is -0.506. The fourth-order valence-electron chi connectivity index (χ4n) is 4.60. The van der Waals surface area contributed by atoms with Crippen molar-refractivity contribution in [2.75, 3.05) is 21.2 Å². The molecule has 3 atom stereocenters. The molecule has 0 spiro atoms. The highest BCUT2D eigenvalue weighted by Gasteiger charge is 2.25. The van der Waals surface area contributed by atoms with E-state index in [9.17, 15) is 14.3 Å². The summed E-state index contributed by atoms with van der Waals surface area (Å²) in [5.41, 5.74) is 5.33. The maximum absolute atomic E-state index is 14.8. The molecule has 7 heteroatoms. The lowest BCUT2D eigenvalue weighted by Crippen LogP contribution is -2.20. The van der Waals surface area contributed by atoms with Gasteiger partial charge in [-0.15, -0.1) is 0 Å². The van der Waals surface area contributed by atoms with Gasteiger partial charge in [-0.05, 0) is 80.2 Å². The quantitative estimate of drug-likeness (QED) is 0.335. The smallest absolute Gasteiger partial charge is 0.306 e. The van der Waals surface area contributed by atoms with Gasteiger partial charge in [0.2, 0.25) is 5.88 Å². The maximum atomic E-state index is 14.8. The third-order valence-corrected chi connectivity index (χ3v) is 7.40. The van der Waals surface area contributed by atoms with E-state index in [0.717, 1.165) is 46.4 Å². The second-order valence-electron chi connectivity index (χ2n) is 10.8. The molecule has 1 aliphatic carbocycles. The van der Waals surface area contributed by atoms with Crippen molar-refractivity contribution in [3.05, 3.63) is 76.7 Å². The number of rotatable bonds is 8. The van der Waals surface area contributed by atoms with Crippen LogP contribution >= 0.6 is 0 Å². The number of carboxylic acids is 1. The molecule has 1 aliphatic heterocycles. The summed E-state index contributed by atoms with van der Waals surface area (Å²) in [4.78, 5) is 17.4. The first-order chi connectivity index (χ1) is 18.7. The van der Waals surface area contributed by atoms with E-state index in [1.165, 1.54) is 32.6 Å². The van der Waals surface area contributed by atoms with Crippen molar-refractivity contribution < 1.29 is 23.8 Å². The van der Waals surface area contributed by atoms with Crippen LogP contribution in [0.4, 0.5) is 4.39 Å². The Kier molecular flexibility index (Phi) is 9.23. The molecule has 2 heterocycles. The van der Waals surface area contributed by atoms with Crippen LogP contribution in [-0.2, 0) is 17.6 Å². The van der Waals surface area contributed by atoms with E-state index in [4.69, 9.17) is 9.47 Å². The number of carboxylic acid groups (broad SMARTS) is 1. The number of nitrogens with zero attached hydrogens (tertiary/aromatic N) is 2. The van der Waals surface area contributed by atoms with Gasteiger partial charge in [0, 0.05) is 17.7 Å². The number of methoxy groups -OCH3 is 1. The number of fused-ring (bicyclic) bond motifs is 1. The molecule has 0 amide bonds. The lowest BCUT2D eigenvalue weighted by molar-refractivity contribution is -0.141. The lowest BCUT2D eigenvalue weighted by atomic mass is 9.89. The summed E-state index contributed by atoms with van der Waals surface area (Å²) in [6.45, 7) is 3.80. The molecule has 2 unspecified atom stereocenters. The van der Waals surface area contributed by atoms with Crippen molar-refractivity contribution in [1.82, 2.24) is 9.88 Å². The number of halogens is 1. The van der Waals surface area contributed by atoms with Gasteiger partial charge in [-0.2, -0.15) is 0 Å². The zero-order valence-electron chi connectivity index (χ0n) is 23.5. The number of aromatic nitrogens is 1. The monoisotopic (exact) mass is 534 g/mol. The molecule has 0 bridgehead atoms. The highest BCUT2D eigenvalue weighted by Crippen LogP contribution is 2.39. The van der Waals surface area contributed by atoms with E-state index >= 15 is 0 Å². The zero-order chi connectivity index (χ0) is 28.1. The van der Waals surface area contributed by atoms with Crippen molar-refractivity contribution >= 4 is 5.97 Å². The molecule has 1 aromatic heterocycles. The predicted molar refractivity (Wildman–Crippen MR) is 151 cm³/mol. The molecule has 1 fully saturated rings. The number of pyridine rings is 1. The number of benzene rings is 2. The molecule has 5 rings (SSSR count). The number of aliphatic carboxylic acids is 1. The molecular weight excluding hydrogens is 495 g/mol. The second-order valence-corrected chi connectivity index (χ2v) is 10.8. The minimum atomic E-state index is -0.808. The fraction of sp³-hybridized carbons (Fsp3) is 0.438.